The van der Waals surface area contributed by atoms with Crippen LogP contribution in [-0.2, 0) is 0 Å². The number of fused-ring (bicyclic) bond motifs is 1. The van der Waals surface area contributed by atoms with Gasteiger partial charge in [0.2, 0.25) is 0 Å². The molecular formula is C18H23N5O. The lowest BCUT2D eigenvalue weighted by Gasteiger charge is -2.09. The molecule has 0 aliphatic rings. The van der Waals surface area contributed by atoms with Crippen molar-refractivity contribution in [3.8, 4) is 0 Å². The van der Waals surface area contributed by atoms with Gasteiger partial charge < -0.3 is 10.2 Å². The Balaban J connectivity index is 2.25. The Kier molecular flexibility index (Phi) is 6.03. The number of aromatic amines is 1. The van der Waals surface area contributed by atoms with Crippen LogP contribution in [0.1, 0.15) is 23.0 Å². The molecule has 0 bridgehead atoms. The van der Waals surface area contributed by atoms with Crippen molar-refractivity contribution in [1.82, 2.24) is 20.4 Å². The van der Waals surface area contributed by atoms with Crippen LogP contribution in [0.3, 0.4) is 0 Å². The third-order valence-corrected chi connectivity index (χ3v) is 3.62. The van der Waals surface area contributed by atoms with Crippen LogP contribution < -0.4 is 5.32 Å². The van der Waals surface area contributed by atoms with E-state index in [1.54, 1.807) is 6.20 Å². The quantitative estimate of drug-likeness (QED) is 0.607. The van der Waals surface area contributed by atoms with E-state index in [9.17, 15) is 4.79 Å². The summed E-state index contributed by atoms with van der Waals surface area (Å²) >= 11 is 0. The average molecular weight is 325 g/mol. The first-order valence-corrected chi connectivity index (χ1v) is 7.73. The first kappa shape index (κ1) is 17.6. The smallest absolute Gasteiger partial charge is 0.272 e. The van der Waals surface area contributed by atoms with Gasteiger partial charge in [-0.3, -0.25) is 14.9 Å². The third-order valence-electron chi connectivity index (χ3n) is 3.62. The van der Waals surface area contributed by atoms with E-state index in [2.05, 4.69) is 27.2 Å². The lowest BCUT2D eigenvalue weighted by Crippen LogP contribution is -2.31. The van der Waals surface area contributed by atoms with Gasteiger partial charge in [-0.25, -0.2) is 0 Å². The predicted octanol–water partition coefficient (Wildman–Crippen LogP) is 2.47. The van der Waals surface area contributed by atoms with Crippen molar-refractivity contribution < 1.29 is 4.79 Å². The highest BCUT2D eigenvalue weighted by Gasteiger charge is 2.14. The molecule has 1 amide bonds. The van der Waals surface area contributed by atoms with Crippen molar-refractivity contribution in [2.45, 2.75) is 6.92 Å². The molecule has 1 aromatic heterocycles. The van der Waals surface area contributed by atoms with Gasteiger partial charge in [0, 0.05) is 24.7 Å². The average Bonchev–Trinajstić information content (AvgIpc) is 2.97. The molecule has 1 aromatic carbocycles. The normalized spacial score (nSPS) is 12.2. The van der Waals surface area contributed by atoms with E-state index in [0.29, 0.717) is 12.2 Å². The van der Waals surface area contributed by atoms with Gasteiger partial charge in [0.1, 0.15) is 0 Å². The highest BCUT2D eigenvalue weighted by Crippen LogP contribution is 2.22. The maximum atomic E-state index is 12.3. The Morgan fingerprint density at radius 2 is 2.25 bits per heavy atom. The number of hydrogen-bond donors (Lipinski definition) is 2. The molecule has 0 aliphatic carbocycles. The number of nitrogens with one attached hydrogen (secondary N) is 2. The Morgan fingerprint density at radius 1 is 1.46 bits per heavy atom. The summed E-state index contributed by atoms with van der Waals surface area (Å²) < 4.78 is 0. The molecule has 0 aliphatic heterocycles. The van der Waals surface area contributed by atoms with Crippen LogP contribution in [0.15, 0.2) is 41.5 Å². The molecule has 0 fully saturated rings. The molecule has 2 aromatic rings. The minimum Gasteiger partial charge on any atom is -0.349 e. The number of benzene rings is 1. The molecule has 6 heteroatoms. The first-order chi connectivity index (χ1) is 11.5. The van der Waals surface area contributed by atoms with E-state index in [1.165, 1.54) is 0 Å². The molecule has 2 N–H and O–H groups in total. The van der Waals surface area contributed by atoms with Gasteiger partial charge in [0.15, 0.2) is 5.69 Å². The monoisotopic (exact) mass is 325 g/mol. The fraction of sp³-hybridized carbons (Fsp3) is 0.278. The van der Waals surface area contributed by atoms with E-state index >= 15 is 0 Å². The van der Waals surface area contributed by atoms with E-state index < -0.39 is 0 Å². The largest absolute Gasteiger partial charge is 0.349 e. The summed E-state index contributed by atoms with van der Waals surface area (Å²) in [6, 6.07) is 5.90. The van der Waals surface area contributed by atoms with Crippen molar-refractivity contribution in [3.05, 3.63) is 47.8 Å². The number of carbonyl (C=O) groups is 1. The van der Waals surface area contributed by atoms with Crippen molar-refractivity contribution in [3.63, 3.8) is 0 Å². The second-order valence-electron chi connectivity index (χ2n) is 5.77. The lowest BCUT2D eigenvalue weighted by atomic mass is 10.0. The summed E-state index contributed by atoms with van der Waals surface area (Å²) in [5, 5.41) is 10.8. The summed E-state index contributed by atoms with van der Waals surface area (Å²) in [6.45, 7) is 6.77. The number of likely N-dealkylation sites (N-methyl/N-ethyl adjacent to an activating group) is 1. The molecule has 0 spiro atoms. The zero-order valence-electron chi connectivity index (χ0n) is 14.3. The summed E-state index contributed by atoms with van der Waals surface area (Å²) in [7, 11) is 3.93. The maximum absolute atomic E-state index is 12.3. The molecule has 2 rings (SSSR count). The maximum Gasteiger partial charge on any atom is 0.272 e. The lowest BCUT2D eigenvalue weighted by molar-refractivity contribution is 0.0947. The van der Waals surface area contributed by atoms with Gasteiger partial charge in [-0.15, -0.1) is 0 Å². The Hall–Kier alpha value is -2.73. The van der Waals surface area contributed by atoms with Crippen LogP contribution in [0.2, 0.25) is 0 Å². The second kappa shape index (κ2) is 8.21. The van der Waals surface area contributed by atoms with Crippen molar-refractivity contribution >= 4 is 29.1 Å². The number of nitrogens with zero attached hydrogens (tertiary/aromatic N) is 3. The number of H-pyrrole nitrogens is 1. The van der Waals surface area contributed by atoms with Crippen LogP contribution in [0.25, 0.3) is 16.5 Å². The topological polar surface area (TPSA) is 73.4 Å². The minimum atomic E-state index is -0.169. The van der Waals surface area contributed by atoms with Gasteiger partial charge >= 0.3 is 0 Å². The summed E-state index contributed by atoms with van der Waals surface area (Å²) in [5.41, 5.74) is 3.35. The third kappa shape index (κ3) is 4.39. The second-order valence-corrected chi connectivity index (χ2v) is 5.77. The van der Waals surface area contributed by atoms with Gasteiger partial charge in [-0.2, -0.15) is 5.10 Å². The fourth-order valence-electron chi connectivity index (χ4n) is 2.25. The highest BCUT2D eigenvalue weighted by atomic mass is 16.1. The van der Waals surface area contributed by atoms with Gasteiger partial charge in [-0.05, 0) is 57.1 Å². The molecule has 6 nitrogen and oxygen atoms in total. The molecule has 1 heterocycles. The van der Waals surface area contributed by atoms with E-state index in [4.69, 9.17) is 0 Å². The van der Waals surface area contributed by atoms with Crippen LogP contribution in [-0.4, -0.2) is 54.9 Å². The summed E-state index contributed by atoms with van der Waals surface area (Å²) in [5.74, 6) is -0.169. The van der Waals surface area contributed by atoms with Crippen LogP contribution in [0.5, 0.6) is 0 Å². The molecule has 126 valence electrons. The SMILES string of the molecule is C=N/C=C\C=C(/C)c1ccc2[nH]nc(C(=O)NCCN(C)C)c2c1. The molecule has 0 unspecified atom stereocenters. The number of amides is 1. The number of hydrogen-bond acceptors (Lipinski definition) is 4. The summed E-state index contributed by atoms with van der Waals surface area (Å²) in [6.07, 6.45) is 5.41. The van der Waals surface area contributed by atoms with Crippen LogP contribution in [0, 0.1) is 0 Å². The van der Waals surface area contributed by atoms with Crippen molar-refractivity contribution in [1.29, 1.82) is 0 Å². The standard InChI is InChI=1S/C18H23N5O/c1-13(6-5-9-19-2)14-7-8-16-15(12-14)17(22-21-16)18(24)20-10-11-23(3)4/h5-9,12H,2,10-11H2,1,3-4H3,(H,20,24)(H,21,22)/b9-5-,13-6+. The van der Waals surface area contributed by atoms with E-state index in [-0.39, 0.29) is 5.91 Å². The zero-order valence-corrected chi connectivity index (χ0v) is 14.3. The van der Waals surface area contributed by atoms with Crippen LogP contribution >= 0.6 is 0 Å². The Bertz CT molecular complexity index is 786. The fourth-order valence-corrected chi connectivity index (χ4v) is 2.25. The minimum absolute atomic E-state index is 0.169. The van der Waals surface area contributed by atoms with E-state index in [0.717, 1.165) is 28.6 Å². The molecular weight excluding hydrogens is 302 g/mol. The van der Waals surface area contributed by atoms with Crippen molar-refractivity contribution in [2.24, 2.45) is 4.99 Å². The molecule has 0 saturated carbocycles. The van der Waals surface area contributed by atoms with Gasteiger partial charge in [0.25, 0.3) is 5.91 Å². The number of aliphatic imine (C=N–C) groups is 1. The number of aromatic nitrogens is 2. The molecule has 0 radical (unpaired) electrons. The zero-order chi connectivity index (χ0) is 17.5. The van der Waals surface area contributed by atoms with Crippen molar-refractivity contribution in [2.75, 3.05) is 27.2 Å². The molecule has 0 atom stereocenters. The highest BCUT2D eigenvalue weighted by molar-refractivity contribution is 6.05. The predicted molar refractivity (Wildman–Crippen MR) is 99.3 cm³/mol. The van der Waals surface area contributed by atoms with E-state index in [1.807, 2.05) is 56.3 Å². The molecule has 0 saturated heterocycles. The number of carbonyl (C=O) groups excluding carboxylic acids is 1. The first-order valence-electron chi connectivity index (χ1n) is 7.73. The Morgan fingerprint density at radius 3 is 2.96 bits per heavy atom. The Labute approximate surface area is 142 Å². The number of rotatable bonds is 7. The summed E-state index contributed by atoms with van der Waals surface area (Å²) in [4.78, 5) is 18.0. The molecule has 24 heavy (non-hydrogen) atoms. The van der Waals surface area contributed by atoms with Gasteiger partial charge in [-0.1, -0.05) is 12.1 Å². The number of allylic oxidation sites excluding steroid dienone is 3. The van der Waals surface area contributed by atoms with Crippen LogP contribution in [0.4, 0.5) is 0 Å². The van der Waals surface area contributed by atoms with Gasteiger partial charge in [0.05, 0.1) is 5.52 Å².